The van der Waals surface area contributed by atoms with E-state index in [1.807, 2.05) is 16.8 Å². The predicted octanol–water partition coefficient (Wildman–Crippen LogP) is 3.54. The Morgan fingerprint density at radius 1 is 1.33 bits per heavy atom. The Morgan fingerprint density at radius 3 is 2.50 bits per heavy atom. The molecule has 96 valence electrons. The van der Waals surface area contributed by atoms with Crippen LogP contribution in [-0.4, -0.2) is 0 Å². The van der Waals surface area contributed by atoms with Crippen LogP contribution in [0.5, 0.6) is 0 Å². The molecule has 0 aliphatic heterocycles. The molecular weight excluding hydrogens is 322 g/mol. The Hall–Kier alpha value is -0.820. The number of hydrogen-bond donors (Lipinski definition) is 2. The van der Waals surface area contributed by atoms with Crippen LogP contribution in [0.3, 0.4) is 0 Å². The van der Waals surface area contributed by atoms with Crippen molar-refractivity contribution < 1.29 is 8.78 Å². The molecule has 1 aromatic carbocycles. The average Bonchev–Trinajstić information content (AvgIpc) is 2.79. The van der Waals surface area contributed by atoms with Gasteiger partial charge in [0, 0.05) is 10.0 Å². The second kappa shape index (κ2) is 5.88. The van der Waals surface area contributed by atoms with Crippen LogP contribution < -0.4 is 11.3 Å². The van der Waals surface area contributed by atoms with Gasteiger partial charge in [-0.05, 0) is 40.9 Å². The summed E-state index contributed by atoms with van der Waals surface area (Å²) >= 11 is 4.58. The number of hydrogen-bond acceptors (Lipinski definition) is 3. The summed E-state index contributed by atoms with van der Waals surface area (Å²) in [6.07, 6.45) is 0.440. The summed E-state index contributed by atoms with van der Waals surface area (Å²) in [7, 11) is 0. The van der Waals surface area contributed by atoms with Crippen LogP contribution in [0, 0.1) is 11.6 Å². The first-order chi connectivity index (χ1) is 8.61. The number of hydrazine groups is 1. The van der Waals surface area contributed by atoms with Gasteiger partial charge in [0.2, 0.25) is 0 Å². The van der Waals surface area contributed by atoms with Crippen molar-refractivity contribution in [2.24, 2.45) is 5.84 Å². The van der Waals surface area contributed by atoms with Crippen molar-refractivity contribution in [3.63, 3.8) is 0 Å². The van der Waals surface area contributed by atoms with E-state index in [1.165, 1.54) is 23.5 Å². The monoisotopic (exact) mass is 332 g/mol. The van der Waals surface area contributed by atoms with Crippen LogP contribution in [-0.2, 0) is 6.42 Å². The molecule has 1 atom stereocenters. The quantitative estimate of drug-likeness (QED) is 0.663. The molecule has 0 saturated heterocycles. The van der Waals surface area contributed by atoms with Gasteiger partial charge in [0.15, 0.2) is 0 Å². The van der Waals surface area contributed by atoms with Gasteiger partial charge in [-0.1, -0.05) is 15.9 Å². The fourth-order valence-corrected chi connectivity index (χ4v) is 2.86. The van der Waals surface area contributed by atoms with Crippen LogP contribution >= 0.6 is 27.3 Å². The predicted molar refractivity (Wildman–Crippen MR) is 72.1 cm³/mol. The third-order valence-electron chi connectivity index (χ3n) is 2.61. The molecule has 1 unspecified atom stereocenters. The molecule has 18 heavy (non-hydrogen) atoms. The van der Waals surface area contributed by atoms with E-state index in [2.05, 4.69) is 21.4 Å². The van der Waals surface area contributed by atoms with E-state index in [0.29, 0.717) is 10.9 Å². The third kappa shape index (κ3) is 2.95. The smallest absolute Gasteiger partial charge is 0.132 e. The summed E-state index contributed by atoms with van der Waals surface area (Å²) in [5.74, 6) is 4.18. The maximum atomic E-state index is 13.8. The van der Waals surface area contributed by atoms with Crippen molar-refractivity contribution in [1.29, 1.82) is 0 Å². The van der Waals surface area contributed by atoms with Gasteiger partial charge >= 0.3 is 0 Å². The van der Waals surface area contributed by atoms with Crippen LogP contribution in [0.25, 0.3) is 0 Å². The number of halogens is 3. The molecule has 0 fully saturated rings. The minimum Gasteiger partial charge on any atom is -0.271 e. The third-order valence-corrected chi connectivity index (χ3v) is 3.80. The maximum absolute atomic E-state index is 13.8. The second-order valence-corrected chi connectivity index (χ2v) is 5.53. The fourth-order valence-electron chi connectivity index (χ4n) is 1.78. The summed E-state index contributed by atoms with van der Waals surface area (Å²) in [4.78, 5) is 0. The normalized spacial score (nSPS) is 12.7. The van der Waals surface area contributed by atoms with Crippen molar-refractivity contribution >= 4 is 27.3 Å². The van der Waals surface area contributed by atoms with Gasteiger partial charge in [-0.3, -0.25) is 11.3 Å². The molecule has 1 heterocycles. The second-order valence-electron chi connectivity index (χ2n) is 3.84. The van der Waals surface area contributed by atoms with E-state index in [9.17, 15) is 8.78 Å². The summed E-state index contributed by atoms with van der Waals surface area (Å²) < 4.78 is 28.0. The number of rotatable bonds is 4. The number of thiophene rings is 1. The van der Waals surface area contributed by atoms with E-state index in [-0.39, 0.29) is 5.56 Å². The zero-order chi connectivity index (χ0) is 13.1. The van der Waals surface area contributed by atoms with Crippen molar-refractivity contribution in [3.05, 3.63) is 56.2 Å². The Labute approximate surface area is 116 Å². The molecule has 0 bridgehead atoms. The molecule has 0 saturated carbocycles. The lowest BCUT2D eigenvalue weighted by molar-refractivity contribution is 0.472. The van der Waals surface area contributed by atoms with Gasteiger partial charge < -0.3 is 0 Å². The molecule has 0 aliphatic carbocycles. The van der Waals surface area contributed by atoms with E-state index >= 15 is 0 Å². The van der Waals surface area contributed by atoms with Gasteiger partial charge in [-0.15, -0.1) is 0 Å². The molecule has 0 amide bonds. The first kappa shape index (κ1) is 13.6. The van der Waals surface area contributed by atoms with E-state index in [1.54, 1.807) is 0 Å². The van der Waals surface area contributed by atoms with E-state index in [4.69, 9.17) is 5.84 Å². The fraction of sp³-hybridized carbons (Fsp3) is 0.167. The summed E-state index contributed by atoms with van der Waals surface area (Å²) in [6, 6.07) is 3.78. The highest BCUT2D eigenvalue weighted by Crippen LogP contribution is 2.27. The number of benzene rings is 1. The molecule has 0 radical (unpaired) electrons. The first-order valence-corrected chi connectivity index (χ1v) is 6.97. The lowest BCUT2D eigenvalue weighted by Gasteiger charge is -2.17. The first-order valence-electron chi connectivity index (χ1n) is 5.23. The minimum absolute atomic E-state index is 0.0353. The molecule has 0 aliphatic rings. The molecule has 2 nitrogen and oxygen atoms in total. The zero-order valence-electron chi connectivity index (χ0n) is 9.29. The Bertz CT molecular complexity index is 508. The average molecular weight is 333 g/mol. The molecule has 6 heteroatoms. The number of nitrogens with one attached hydrogen (secondary N) is 1. The van der Waals surface area contributed by atoms with Gasteiger partial charge in [0.05, 0.1) is 6.04 Å². The summed E-state index contributed by atoms with van der Waals surface area (Å²) in [5.41, 5.74) is 3.42. The Balaban J connectivity index is 2.33. The zero-order valence-corrected chi connectivity index (χ0v) is 11.7. The van der Waals surface area contributed by atoms with E-state index in [0.717, 1.165) is 5.56 Å². The van der Waals surface area contributed by atoms with Crippen LogP contribution in [0.15, 0.2) is 33.4 Å². The highest BCUT2D eigenvalue weighted by atomic mass is 79.9. The Morgan fingerprint density at radius 2 is 2.00 bits per heavy atom. The largest absolute Gasteiger partial charge is 0.271 e. The van der Waals surface area contributed by atoms with Gasteiger partial charge in [0.1, 0.15) is 11.6 Å². The molecule has 2 aromatic rings. The molecule has 0 spiro atoms. The summed E-state index contributed by atoms with van der Waals surface area (Å²) in [5, 5.41) is 3.84. The number of nitrogens with two attached hydrogens (primary N) is 1. The van der Waals surface area contributed by atoms with Crippen LogP contribution in [0.2, 0.25) is 0 Å². The molecule has 2 rings (SSSR count). The lowest BCUT2D eigenvalue weighted by atomic mass is 10.00. The van der Waals surface area contributed by atoms with Crippen molar-refractivity contribution in [2.75, 3.05) is 0 Å². The Kier molecular flexibility index (Phi) is 4.45. The molecular formula is C12H11BrF2N2S. The van der Waals surface area contributed by atoms with E-state index < -0.39 is 17.7 Å². The standard InChI is InChI=1S/C12H11BrF2N2S/c13-8-4-9(14)12(10(15)5-8)11(17-16)3-7-1-2-18-6-7/h1-2,4-6,11,17H,3,16H2. The van der Waals surface area contributed by atoms with Gasteiger partial charge in [-0.25, -0.2) is 8.78 Å². The maximum Gasteiger partial charge on any atom is 0.132 e. The topological polar surface area (TPSA) is 38.0 Å². The molecule has 3 N–H and O–H groups in total. The van der Waals surface area contributed by atoms with Crippen molar-refractivity contribution in [3.8, 4) is 0 Å². The van der Waals surface area contributed by atoms with Crippen molar-refractivity contribution in [2.45, 2.75) is 12.5 Å². The SMILES string of the molecule is NNC(Cc1ccsc1)c1c(F)cc(Br)cc1F. The lowest BCUT2D eigenvalue weighted by Crippen LogP contribution is -2.31. The minimum atomic E-state index is -0.611. The highest BCUT2D eigenvalue weighted by Gasteiger charge is 2.20. The van der Waals surface area contributed by atoms with Crippen molar-refractivity contribution in [1.82, 2.24) is 5.43 Å². The van der Waals surface area contributed by atoms with Gasteiger partial charge in [0.25, 0.3) is 0 Å². The van der Waals surface area contributed by atoms with Crippen LogP contribution in [0.1, 0.15) is 17.2 Å². The highest BCUT2D eigenvalue weighted by molar-refractivity contribution is 9.10. The van der Waals surface area contributed by atoms with Crippen LogP contribution in [0.4, 0.5) is 8.78 Å². The van der Waals surface area contributed by atoms with Gasteiger partial charge in [-0.2, -0.15) is 11.3 Å². The summed E-state index contributed by atoms with van der Waals surface area (Å²) in [6.45, 7) is 0. The molecule has 1 aromatic heterocycles.